The molecule has 0 radical (unpaired) electrons. The number of thioether (sulfide) groups is 1. The lowest BCUT2D eigenvalue weighted by molar-refractivity contribution is 0.200. The topological polar surface area (TPSA) is 32.3 Å². The summed E-state index contributed by atoms with van der Waals surface area (Å²) in [5.74, 6) is -0.552. The van der Waals surface area contributed by atoms with Gasteiger partial charge in [-0.25, -0.2) is 18.0 Å². The van der Waals surface area contributed by atoms with Crippen molar-refractivity contribution in [2.75, 3.05) is 18.8 Å². The van der Waals surface area contributed by atoms with Crippen molar-refractivity contribution in [1.82, 2.24) is 10.2 Å². The zero-order valence-electron chi connectivity index (χ0n) is 14.1. The normalized spacial score (nSPS) is 17.7. The molecule has 2 aromatic carbocycles. The molecule has 0 aromatic heterocycles. The molecule has 1 N–H and O–H groups in total. The van der Waals surface area contributed by atoms with Gasteiger partial charge in [0.05, 0.1) is 0 Å². The average Bonchev–Trinajstić information content (AvgIpc) is 2.89. The first-order chi connectivity index (χ1) is 12.5. The lowest BCUT2D eigenvalue weighted by atomic mass is 10.1. The van der Waals surface area contributed by atoms with Crippen molar-refractivity contribution in [1.29, 1.82) is 0 Å². The molecular formula is C19H19F3N2OS. The lowest BCUT2D eigenvalue weighted by Gasteiger charge is -2.21. The molecule has 0 unspecified atom stereocenters. The third-order valence-corrected chi connectivity index (χ3v) is 5.60. The molecule has 0 aliphatic carbocycles. The van der Waals surface area contributed by atoms with Crippen LogP contribution in [0.5, 0.6) is 0 Å². The Morgan fingerprint density at radius 3 is 2.58 bits per heavy atom. The molecule has 1 heterocycles. The van der Waals surface area contributed by atoms with Crippen molar-refractivity contribution < 1.29 is 18.0 Å². The minimum atomic E-state index is -0.458. The number of urea groups is 1. The number of nitrogens with one attached hydrogen (secondary N) is 1. The van der Waals surface area contributed by atoms with E-state index in [4.69, 9.17) is 0 Å². The van der Waals surface area contributed by atoms with E-state index in [1.165, 1.54) is 30.0 Å². The minimum Gasteiger partial charge on any atom is -0.334 e. The Morgan fingerprint density at radius 1 is 1.08 bits per heavy atom. The number of hydrogen-bond acceptors (Lipinski definition) is 2. The van der Waals surface area contributed by atoms with E-state index in [9.17, 15) is 18.0 Å². The Kier molecular flexibility index (Phi) is 6.08. The van der Waals surface area contributed by atoms with Gasteiger partial charge in [0.15, 0.2) is 0 Å². The molecule has 2 aromatic rings. The summed E-state index contributed by atoms with van der Waals surface area (Å²) in [7, 11) is 0. The number of carbonyl (C=O) groups excluding carboxylic acids is 1. The molecule has 1 aliphatic heterocycles. The summed E-state index contributed by atoms with van der Waals surface area (Å²) in [5, 5.41) is 2.63. The highest BCUT2D eigenvalue weighted by molar-refractivity contribution is 7.99. The second-order valence-corrected chi connectivity index (χ2v) is 7.40. The molecule has 2 amide bonds. The van der Waals surface area contributed by atoms with E-state index in [-0.39, 0.29) is 17.1 Å². The van der Waals surface area contributed by atoms with E-state index >= 15 is 0 Å². The Morgan fingerprint density at radius 2 is 1.81 bits per heavy atom. The SMILES string of the molecule is O=C(NCc1ccc(F)cc1)N1CCS[C@@H](c2cc(F)ccc2F)CC1. The van der Waals surface area contributed by atoms with Gasteiger partial charge in [-0.3, -0.25) is 0 Å². The molecule has 138 valence electrons. The van der Waals surface area contributed by atoms with Gasteiger partial charge in [0.1, 0.15) is 17.5 Å². The maximum absolute atomic E-state index is 14.0. The van der Waals surface area contributed by atoms with Crippen LogP contribution in [0.15, 0.2) is 42.5 Å². The average molecular weight is 380 g/mol. The first-order valence-electron chi connectivity index (χ1n) is 8.36. The Balaban J connectivity index is 1.56. The Bertz CT molecular complexity index is 770. The zero-order chi connectivity index (χ0) is 18.5. The van der Waals surface area contributed by atoms with Gasteiger partial charge in [0.2, 0.25) is 0 Å². The second-order valence-electron chi connectivity index (χ2n) is 6.09. The van der Waals surface area contributed by atoms with Gasteiger partial charge < -0.3 is 10.2 Å². The van der Waals surface area contributed by atoms with Crippen LogP contribution in [0.2, 0.25) is 0 Å². The standard InChI is InChI=1S/C19H19F3N2OS/c20-14-3-1-13(2-4-14)12-23-19(25)24-8-7-18(26-10-9-24)16-11-15(21)5-6-17(16)22/h1-6,11,18H,7-10,12H2,(H,23,25)/t18-/m1/s1. The van der Waals surface area contributed by atoms with Crippen LogP contribution in [0.25, 0.3) is 0 Å². The molecule has 0 saturated carbocycles. The fraction of sp³-hybridized carbons (Fsp3) is 0.316. The zero-order valence-corrected chi connectivity index (χ0v) is 14.9. The number of benzene rings is 2. The summed E-state index contributed by atoms with van der Waals surface area (Å²) in [4.78, 5) is 14.0. The van der Waals surface area contributed by atoms with Crippen molar-refractivity contribution in [3.05, 3.63) is 71.0 Å². The van der Waals surface area contributed by atoms with E-state index in [2.05, 4.69) is 5.32 Å². The van der Waals surface area contributed by atoms with Gasteiger partial charge >= 0.3 is 6.03 Å². The molecule has 26 heavy (non-hydrogen) atoms. The van der Waals surface area contributed by atoms with Crippen molar-refractivity contribution in [2.45, 2.75) is 18.2 Å². The number of carbonyl (C=O) groups is 1. The van der Waals surface area contributed by atoms with Crippen LogP contribution in [0, 0.1) is 17.5 Å². The monoisotopic (exact) mass is 380 g/mol. The van der Waals surface area contributed by atoms with Gasteiger partial charge in [-0.05, 0) is 42.3 Å². The Labute approximate surface area is 154 Å². The van der Waals surface area contributed by atoms with E-state index in [1.807, 2.05) is 0 Å². The van der Waals surface area contributed by atoms with Crippen LogP contribution in [0.4, 0.5) is 18.0 Å². The third kappa shape index (κ3) is 4.72. The van der Waals surface area contributed by atoms with Crippen molar-refractivity contribution in [3.8, 4) is 0 Å². The van der Waals surface area contributed by atoms with Gasteiger partial charge in [0, 0.05) is 36.2 Å². The molecule has 3 rings (SSSR count). The van der Waals surface area contributed by atoms with Crippen molar-refractivity contribution in [2.24, 2.45) is 0 Å². The van der Waals surface area contributed by atoms with Crippen LogP contribution in [0.3, 0.4) is 0 Å². The van der Waals surface area contributed by atoms with E-state index in [0.29, 0.717) is 37.4 Å². The van der Waals surface area contributed by atoms with Gasteiger partial charge in [0.25, 0.3) is 0 Å². The first kappa shape index (κ1) is 18.6. The molecule has 0 bridgehead atoms. The van der Waals surface area contributed by atoms with E-state index in [1.54, 1.807) is 17.0 Å². The number of rotatable bonds is 3. The molecular weight excluding hydrogens is 361 g/mol. The molecule has 1 aliphatic rings. The van der Waals surface area contributed by atoms with Gasteiger partial charge in [-0.15, -0.1) is 0 Å². The summed E-state index contributed by atoms with van der Waals surface area (Å²) in [6.45, 7) is 1.31. The fourth-order valence-corrected chi connectivity index (χ4v) is 4.12. The predicted octanol–water partition coefficient (Wildman–Crippen LogP) is 4.49. The highest BCUT2D eigenvalue weighted by Gasteiger charge is 2.24. The second kappa shape index (κ2) is 8.49. The maximum atomic E-state index is 14.0. The van der Waals surface area contributed by atoms with Crippen molar-refractivity contribution in [3.63, 3.8) is 0 Å². The summed E-state index contributed by atoms with van der Waals surface area (Å²) >= 11 is 1.53. The maximum Gasteiger partial charge on any atom is 0.317 e. The predicted molar refractivity (Wildman–Crippen MR) is 96.4 cm³/mol. The smallest absolute Gasteiger partial charge is 0.317 e. The summed E-state index contributed by atoms with van der Waals surface area (Å²) in [6, 6.07) is 9.21. The summed E-state index contributed by atoms with van der Waals surface area (Å²) < 4.78 is 40.3. The molecule has 7 heteroatoms. The first-order valence-corrected chi connectivity index (χ1v) is 9.41. The lowest BCUT2D eigenvalue weighted by Crippen LogP contribution is -2.40. The summed E-state index contributed by atoms with van der Waals surface area (Å²) in [6.07, 6.45) is 0.551. The number of halogens is 3. The van der Waals surface area contributed by atoms with Crippen LogP contribution >= 0.6 is 11.8 Å². The molecule has 1 atom stereocenters. The van der Waals surface area contributed by atoms with E-state index in [0.717, 1.165) is 17.7 Å². The molecule has 1 fully saturated rings. The number of amides is 2. The van der Waals surface area contributed by atoms with Gasteiger partial charge in [-0.1, -0.05) is 12.1 Å². The van der Waals surface area contributed by atoms with Crippen LogP contribution in [-0.2, 0) is 6.54 Å². The largest absolute Gasteiger partial charge is 0.334 e. The highest BCUT2D eigenvalue weighted by Crippen LogP contribution is 2.36. The Hall–Kier alpha value is -2.15. The van der Waals surface area contributed by atoms with Crippen LogP contribution < -0.4 is 5.32 Å². The number of hydrogen-bond donors (Lipinski definition) is 1. The molecule has 1 saturated heterocycles. The van der Waals surface area contributed by atoms with E-state index < -0.39 is 11.6 Å². The molecule has 0 spiro atoms. The van der Waals surface area contributed by atoms with Crippen LogP contribution in [0.1, 0.15) is 22.8 Å². The van der Waals surface area contributed by atoms with Gasteiger partial charge in [-0.2, -0.15) is 11.8 Å². The number of nitrogens with zero attached hydrogens (tertiary/aromatic N) is 1. The van der Waals surface area contributed by atoms with Crippen molar-refractivity contribution >= 4 is 17.8 Å². The minimum absolute atomic E-state index is 0.180. The van der Waals surface area contributed by atoms with Crippen LogP contribution in [-0.4, -0.2) is 29.8 Å². The fourth-order valence-electron chi connectivity index (χ4n) is 2.87. The summed E-state index contributed by atoms with van der Waals surface area (Å²) in [5.41, 5.74) is 1.16. The molecule has 3 nitrogen and oxygen atoms in total. The third-order valence-electron chi connectivity index (χ3n) is 4.29. The quantitative estimate of drug-likeness (QED) is 0.851. The highest BCUT2D eigenvalue weighted by atomic mass is 32.2.